The summed E-state index contributed by atoms with van der Waals surface area (Å²) in [5.74, 6) is 1.59. The number of aromatic nitrogens is 2. The molecule has 2 aromatic carbocycles. The first-order valence-corrected chi connectivity index (χ1v) is 10.5. The van der Waals surface area contributed by atoms with E-state index in [1.54, 1.807) is 0 Å². The molecule has 0 aliphatic carbocycles. The van der Waals surface area contributed by atoms with E-state index in [0.717, 1.165) is 52.2 Å². The van der Waals surface area contributed by atoms with Gasteiger partial charge in [0, 0.05) is 18.8 Å². The van der Waals surface area contributed by atoms with Crippen molar-refractivity contribution in [3.63, 3.8) is 0 Å². The lowest BCUT2D eigenvalue weighted by Gasteiger charge is -2.28. The van der Waals surface area contributed by atoms with Crippen LogP contribution in [0.25, 0.3) is 0 Å². The Kier molecular flexibility index (Phi) is 6.01. The number of para-hydroxylation sites is 1. The average Bonchev–Trinajstić information content (AvgIpc) is 3.05. The van der Waals surface area contributed by atoms with Crippen molar-refractivity contribution in [1.29, 1.82) is 0 Å². The van der Waals surface area contributed by atoms with E-state index < -0.39 is 0 Å². The maximum atomic E-state index is 9.63. The van der Waals surface area contributed by atoms with Crippen LogP contribution in [0.5, 0.6) is 11.5 Å². The number of likely N-dealkylation sites (tertiary alicyclic amines) is 1. The minimum Gasteiger partial charge on any atom is -0.457 e. The minimum atomic E-state index is -0.175. The van der Waals surface area contributed by atoms with Crippen LogP contribution >= 0.6 is 23.6 Å². The van der Waals surface area contributed by atoms with Crippen LogP contribution in [0.2, 0.25) is 0 Å². The molecule has 0 spiro atoms. The maximum absolute atomic E-state index is 9.63. The third kappa shape index (κ3) is 4.96. The highest BCUT2D eigenvalue weighted by molar-refractivity contribution is 7.73. The van der Waals surface area contributed by atoms with E-state index in [9.17, 15) is 5.11 Å². The summed E-state index contributed by atoms with van der Waals surface area (Å²) in [6.07, 6.45) is 1.44. The van der Waals surface area contributed by atoms with Gasteiger partial charge in [-0.3, -0.25) is 4.90 Å². The van der Waals surface area contributed by atoms with Gasteiger partial charge in [-0.15, -0.1) is 5.10 Å². The highest BCUT2D eigenvalue weighted by atomic mass is 32.1. The summed E-state index contributed by atoms with van der Waals surface area (Å²) >= 11 is 6.91. The number of anilines is 2. The number of piperidine rings is 1. The van der Waals surface area contributed by atoms with Crippen molar-refractivity contribution in [2.75, 3.05) is 18.4 Å². The van der Waals surface area contributed by atoms with E-state index in [2.05, 4.69) is 15.3 Å². The minimum absolute atomic E-state index is 0.175. The number of benzene rings is 2. The number of hydrogen-bond donors (Lipinski definition) is 2. The maximum Gasteiger partial charge on any atom is 0.209 e. The van der Waals surface area contributed by atoms with E-state index >= 15 is 0 Å². The van der Waals surface area contributed by atoms with Crippen LogP contribution in [0.15, 0.2) is 54.6 Å². The Morgan fingerprint density at radius 1 is 1.07 bits per heavy atom. The first-order chi connectivity index (χ1) is 13.7. The standard InChI is InChI=1S/C20H22N4O2S2/c25-16-10-12-23(13-11-16)14-24-20(27)28-19(22-24)21-15-6-8-18(9-7-15)26-17-4-2-1-3-5-17/h1-9,16,25H,10-14H2,(H,21,22). The van der Waals surface area contributed by atoms with E-state index in [1.807, 2.05) is 59.3 Å². The molecule has 0 unspecified atom stereocenters. The highest BCUT2D eigenvalue weighted by Crippen LogP contribution is 2.25. The number of ether oxygens (including phenoxy) is 1. The summed E-state index contributed by atoms with van der Waals surface area (Å²) in [4.78, 5) is 2.27. The smallest absolute Gasteiger partial charge is 0.209 e. The molecule has 146 valence electrons. The van der Waals surface area contributed by atoms with Crippen LogP contribution in [0.3, 0.4) is 0 Å². The lowest BCUT2D eigenvalue weighted by molar-refractivity contribution is 0.0653. The van der Waals surface area contributed by atoms with Crippen LogP contribution in [0.4, 0.5) is 10.8 Å². The van der Waals surface area contributed by atoms with Gasteiger partial charge in [-0.25, -0.2) is 4.68 Å². The summed E-state index contributed by atoms with van der Waals surface area (Å²) in [5.41, 5.74) is 0.928. The molecule has 1 saturated heterocycles. The number of hydrogen-bond acceptors (Lipinski definition) is 7. The Labute approximate surface area is 173 Å². The van der Waals surface area contributed by atoms with Crippen molar-refractivity contribution < 1.29 is 9.84 Å². The highest BCUT2D eigenvalue weighted by Gasteiger charge is 2.18. The lowest BCUT2D eigenvalue weighted by Crippen LogP contribution is -2.37. The Balaban J connectivity index is 1.37. The second kappa shape index (κ2) is 8.83. The van der Waals surface area contributed by atoms with E-state index in [1.165, 1.54) is 11.3 Å². The zero-order valence-corrected chi connectivity index (χ0v) is 17.0. The van der Waals surface area contributed by atoms with Crippen LogP contribution in [-0.2, 0) is 6.67 Å². The Bertz CT molecular complexity index is 948. The van der Waals surface area contributed by atoms with Gasteiger partial charge in [0.05, 0.1) is 12.8 Å². The molecular formula is C20H22N4O2S2. The third-order valence-electron chi connectivity index (χ3n) is 4.58. The largest absolute Gasteiger partial charge is 0.457 e. The molecule has 4 rings (SSSR count). The summed E-state index contributed by atoms with van der Waals surface area (Å²) in [6.45, 7) is 2.39. The fraction of sp³-hybridized carbons (Fsp3) is 0.300. The summed E-state index contributed by atoms with van der Waals surface area (Å²) in [7, 11) is 0. The van der Waals surface area contributed by atoms with Gasteiger partial charge in [0.25, 0.3) is 0 Å². The predicted molar refractivity (Wildman–Crippen MR) is 114 cm³/mol. The quantitative estimate of drug-likeness (QED) is 0.574. The zero-order chi connectivity index (χ0) is 19.3. The molecule has 8 heteroatoms. The molecule has 0 saturated carbocycles. The number of nitrogens with zero attached hydrogens (tertiary/aromatic N) is 3. The molecule has 2 heterocycles. The molecule has 1 fully saturated rings. The molecule has 6 nitrogen and oxygen atoms in total. The summed E-state index contributed by atoms with van der Waals surface area (Å²) < 4.78 is 8.39. The van der Waals surface area contributed by atoms with Gasteiger partial charge in [0.1, 0.15) is 11.5 Å². The van der Waals surface area contributed by atoms with Crippen molar-refractivity contribution in [3.8, 4) is 11.5 Å². The molecule has 3 aromatic rings. The van der Waals surface area contributed by atoms with Crippen LogP contribution in [0.1, 0.15) is 12.8 Å². The van der Waals surface area contributed by atoms with Gasteiger partial charge in [-0.1, -0.05) is 29.5 Å². The van der Waals surface area contributed by atoms with Gasteiger partial charge in [-0.2, -0.15) is 0 Å². The van der Waals surface area contributed by atoms with Gasteiger partial charge in [0.2, 0.25) is 5.13 Å². The Morgan fingerprint density at radius 2 is 1.75 bits per heavy atom. The normalized spacial score (nSPS) is 15.5. The molecule has 0 atom stereocenters. The molecule has 1 aliphatic rings. The van der Waals surface area contributed by atoms with E-state index in [0.29, 0.717) is 6.67 Å². The molecule has 0 amide bonds. The molecule has 0 radical (unpaired) electrons. The van der Waals surface area contributed by atoms with Gasteiger partial charge >= 0.3 is 0 Å². The zero-order valence-electron chi connectivity index (χ0n) is 15.3. The lowest BCUT2D eigenvalue weighted by atomic mass is 10.1. The first kappa shape index (κ1) is 19.1. The van der Waals surface area contributed by atoms with Crippen molar-refractivity contribution in [2.24, 2.45) is 0 Å². The molecule has 0 bridgehead atoms. The molecule has 28 heavy (non-hydrogen) atoms. The van der Waals surface area contributed by atoms with Crippen LogP contribution in [0, 0.1) is 3.95 Å². The van der Waals surface area contributed by atoms with Crippen molar-refractivity contribution >= 4 is 34.4 Å². The number of aliphatic hydroxyl groups is 1. The van der Waals surface area contributed by atoms with Gasteiger partial charge in [-0.05, 0) is 61.5 Å². The third-order valence-corrected chi connectivity index (χ3v) is 5.81. The van der Waals surface area contributed by atoms with Crippen molar-refractivity contribution in [1.82, 2.24) is 14.7 Å². The fourth-order valence-corrected chi connectivity index (χ4v) is 4.06. The van der Waals surface area contributed by atoms with Crippen LogP contribution in [-0.4, -0.2) is 39.0 Å². The average molecular weight is 415 g/mol. The SMILES string of the molecule is OC1CCN(Cn2nc(Nc3ccc(Oc4ccccc4)cc3)sc2=S)CC1. The number of aliphatic hydroxyl groups excluding tert-OH is 1. The van der Waals surface area contributed by atoms with Gasteiger partial charge < -0.3 is 15.2 Å². The van der Waals surface area contributed by atoms with Gasteiger partial charge in [0.15, 0.2) is 3.95 Å². The summed E-state index contributed by atoms with van der Waals surface area (Å²) in [6, 6.07) is 17.5. The molecular weight excluding hydrogens is 392 g/mol. The Morgan fingerprint density at radius 3 is 2.46 bits per heavy atom. The molecule has 2 N–H and O–H groups in total. The number of nitrogens with one attached hydrogen (secondary N) is 1. The number of rotatable bonds is 6. The second-order valence-electron chi connectivity index (χ2n) is 6.73. The van der Waals surface area contributed by atoms with Crippen molar-refractivity contribution in [2.45, 2.75) is 25.6 Å². The fourth-order valence-electron chi connectivity index (χ4n) is 3.05. The molecule has 1 aromatic heterocycles. The Hall–Kier alpha value is -2.26. The second-order valence-corrected chi connectivity index (χ2v) is 8.35. The van der Waals surface area contributed by atoms with E-state index in [4.69, 9.17) is 17.0 Å². The monoisotopic (exact) mass is 414 g/mol. The first-order valence-electron chi connectivity index (χ1n) is 9.24. The van der Waals surface area contributed by atoms with Crippen LogP contribution < -0.4 is 10.1 Å². The molecule has 1 aliphatic heterocycles. The van der Waals surface area contributed by atoms with Crippen molar-refractivity contribution in [3.05, 3.63) is 58.6 Å². The summed E-state index contributed by atoms with van der Waals surface area (Å²) in [5, 5.41) is 18.3. The van der Waals surface area contributed by atoms with E-state index in [-0.39, 0.29) is 6.10 Å². The predicted octanol–water partition coefficient (Wildman–Crippen LogP) is 4.62. The topological polar surface area (TPSA) is 62.5 Å².